The first-order chi connectivity index (χ1) is 10.8. The molecular formula is C18H20Cl2N2O. The monoisotopic (exact) mass is 350 g/mol. The third-order valence-electron chi connectivity index (χ3n) is 3.68. The number of hydrogen-bond acceptors (Lipinski definition) is 2. The number of amides is 1. The third kappa shape index (κ3) is 4.24. The fourth-order valence-electron chi connectivity index (χ4n) is 2.47. The Hall–Kier alpha value is -1.58. The van der Waals surface area contributed by atoms with Crippen LogP contribution < -0.4 is 5.32 Å². The second-order valence-electron chi connectivity index (χ2n) is 5.93. The van der Waals surface area contributed by atoms with Gasteiger partial charge in [-0.05, 0) is 37.0 Å². The summed E-state index contributed by atoms with van der Waals surface area (Å²) >= 11 is 12.3. The summed E-state index contributed by atoms with van der Waals surface area (Å²) in [7, 11) is 0. The van der Waals surface area contributed by atoms with Crippen LogP contribution in [-0.4, -0.2) is 10.9 Å². The molecule has 1 aromatic carbocycles. The van der Waals surface area contributed by atoms with Crippen molar-refractivity contribution in [3.8, 4) is 0 Å². The summed E-state index contributed by atoms with van der Waals surface area (Å²) in [6, 6.07) is 7.72. The van der Waals surface area contributed by atoms with Gasteiger partial charge >= 0.3 is 0 Å². The Morgan fingerprint density at radius 1 is 1.26 bits per heavy atom. The smallest absolute Gasteiger partial charge is 0.228 e. The number of pyridine rings is 1. The minimum atomic E-state index is -0.157. The highest BCUT2D eigenvalue weighted by atomic mass is 35.5. The molecule has 1 N–H and O–H groups in total. The molecule has 0 aliphatic carbocycles. The fourth-order valence-corrected chi connectivity index (χ4v) is 3.13. The van der Waals surface area contributed by atoms with Crippen LogP contribution in [0.25, 0.3) is 0 Å². The van der Waals surface area contributed by atoms with Crippen molar-refractivity contribution in [3.05, 3.63) is 56.8 Å². The van der Waals surface area contributed by atoms with E-state index in [0.717, 1.165) is 22.5 Å². The van der Waals surface area contributed by atoms with Crippen molar-refractivity contribution in [1.82, 2.24) is 4.98 Å². The lowest BCUT2D eigenvalue weighted by Crippen LogP contribution is -2.17. The van der Waals surface area contributed by atoms with Crippen molar-refractivity contribution in [2.45, 2.75) is 40.0 Å². The van der Waals surface area contributed by atoms with E-state index < -0.39 is 0 Å². The zero-order chi connectivity index (χ0) is 17.1. The SMILES string of the molecule is Cc1cc(Cl)c(CC(=O)Nc2c(C)cccc2C(C)C)c(Cl)n1. The Morgan fingerprint density at radius 3 is 2.57 bits per heavy atom. The molecule has 0 spiro atoms. The highest BCUT2D eigenvalue weighted by Gasteiger charge is 2.16. The molecule has 122 valence electrons. The standard InChI is InChI=1S/C18H20Cl2N2O/c1-10(2)13-7-5-6-11(3)17(13)22-16(23)9-14-15(19)8-12(4)21-18(14)20/h5-8,10H,9H2,1-4H3,(H,22,23). The fraction of sp³-hybridized carbons (Fsp3) is 0.333. The number of nitrogens with zero attached hydrogens (tertiary/aromatic N) is 1. The van der Waals surface area contributed by atoms with Crippen LogP contribution in [0.1, 0.15) is 42.1 Å². The van der Waals surface area contributed by atoms with Crippen molar-refractivity contribution >= 4 is 34.8 Å². The summed E-state index contributed by atoms with van der Waals surface area (Å²) in [5.74, 6) is 0.161. The van der Waals surface area contributed by atoms with Crippen LogP contribution in [0.3, 0.4) is 0 Å². The van der Waals surface area contributed by atoms with Crippen LogP contribution >= 0.6 is 23.2 Å². The number of carbonyl (C=O) groups is 1. The van der Waals surface area contributed by atoms with Gasteiger partial charge in [-0.15, -0.1) is 0 Å². The maximum Gasteiger partial charge on any atom is 0.228 e. The van der Waals surface area contributed by atoms with E-state index in [0.29, 0.717) is 16.5 Å². The van der Waals surface area contributed by atoms with Gasteiger partial charge in [0.2, 0.25) is 5.91 Å². The van der Waals surface area contributed by atoms with Crippen molar-refractivity contribution < 1.29 is 4.79 Å². The molecule has 0 unspecified atom stereocenters. The van der Waals surface area contributed by atoms with E-state index in [1.54, 1.807) is 6.07 Å². The molecule has 1 heterocycles. The number of para-hydroxylation sites is 1. The molecule has 0 saturated carbocycles. The quantitative estimate of drug-likeness (QED) is 0.759. The van der Waals surface area contributed by atoms with Crippen LogP contribution in [0, 0.1) is 13.8 Å². The summed E-state index contributed by atoms with van der Waals surface area (Å²) in [6.07, 6.45) is 0.0941. The summed E-state index contributed by atoms with van der Waals surface area (Å²) in [5.41, 5.74) is 4.28. The second-order valence-corrected chi connectivity index (χ2v) is 6.70. The van der Waals surface area contributed by atoms with E-state index >= 15 is 0 Å². The largest absolute Gasteiger partial charge is 0.325 e. The lowest BCUT2D eigenvalue weighted by Gasteiger charge is -2.17. The molecule has 0 radical (unpaired) electrons. The molecule has 5 heteroatoms. The lowest BCUT2D eigenvalue weighted by molar-refractivity contribution is -0.115. The Labute approximate surface area is 147 Å². The van der Waals surface area contributed by atoms with E-state index in [9.17, 15) is 4.79 Å². The zero-order valence-electron chi connectivity index (χ0n) is 13.7. The van der Waals surface area contributed by atoms with Crippen LogP contribution in [0.4, 0.5) is 5.69 Å². The lowest BCUT2D eigenvalue weighted by atomic mass is 9.98. The molecule has 0 atom stereocenters. The van der Waals surface area contributed by atoms with E-state index in [1.165, 1.54) is 0 Å². The topological polar surface area (TPSA) is 42.0 Å². The van der Waals surface area contributed by atoms with Gasteiger partial charge in [-0.1, -0.05) is 55.2 Å². The first-order valence-electron chi connectivity index (χ1n) is 7.50. The Balaban J connectivity index is 2.25. The van der Waals surface area contributed by atoms with Crippen LogP contribution in [0.5, 0.6) is 0 Å². The van der Waals surface area contributed by atoms with Crippen molar-refractivity contribution in [2.24, 2.45) is 0 Å². The molecule has 2 rings (SSSR count). The van der Waals surface area contributed by atoms with Crippen LogP contribution in [0.2, 0.25) is 10.2 Å². The summed E-state index contributed by atoms with van der Waals surface area (Å²) < 4.78 is 0. The number of nitrogens with one attached hydrogen (secondary N) is 1. The van der Waals surface area contributed by atoms with E-state index in [4.69, 9.17) is 23.2 Å². The molecule has 3 nitrogen and oxygen atoms in total. The number of halogens is 2. The second kappa shape index (κ2) is 7.33. The highest BCUT2D eigenvalue weighted by molar-refractivity contribution is 6.35. The van der Waals surface area contributed by atoms with Crippen LogP contribution in [-0.2, 0) is 11.2 Å². The summed E-state index contributed by atoms with van der Waals surface area (Å²) in [5, 5.41) is 3.73. The predicted molar refractivity (Wildman–Crippen MR) is 96.6 cm³/mol. The minimum Gasteiger partial charge on any atom is -0.325 e. The van der Waals surface area contributed by atoms with E-state index in [1.807, 2.05) is 32.0 Å². The van der Waals surface area contributed by atoms with Gasteiger partial charge in [0.15, 0.2) is 0 Å². The van der Waals surface area contributed by atoms with Gasteiger partial charge in [-0.2, -0.15) is 0 Å². The Morgan fingerprint density at radius 2 is 1.96 bits per heavy atom. The predicted octanol–water partition coefficient (Wildman–Crippen LogP) is 5.31. The van der Waals surface area contributed by atoms with Gasteiger partial charge in [0.05, 0.1) is 6.42 Å². The van der Waals surface area contributed by atoms with Crippen molar-refractivity contribution in [2.75, 3.05) is 5.32 Å². The first-order valence-corrected chi connectivity index (χ1v) is 8.26. The average molecular weight is 351 g/mol. The maximum absolute atomic E-state index is 12.4. The number of rotatable bonds is 4. The van der Waals surface area contributed by atoms with Crippen molar-refractivity contribution in [1.29, 1.82) is 0 Å². The van der Waals surface area contributed by atoms with E-state index in [-0.39, 0.29) is 17.5 Å². The van der Waals surface area contributed by atoms with Gasteiger partial charge in [-0.3, -0.25) is 4.79 Å². The first kappa shape index (κ1) is 17.8. The van der Waals surface area contributed by atoms with Gasteiger partial charge in [0, 0.05) is 22.0 Å². The summed E-state index contributed by atoms with van der Waals surface area (Å²) in [6.45, 7) is 7.99. The Kier molecular flexibility index (Phi) is 5.66. The molecule has 2 aromatic rings. The van der Waals surface area contributed by atoms with Gasteiger partial charge in [0.1, 0.15) is 5.15 Å². The molecule has 1 aromatic heterocycles. The molecule has 0 saturated heterocycles. The molecular weight excluding hydrogens is 331 g/mol. The third-order valence-corrected chi connectivity index (χ3v) is 4.33. The van der Waals surface area contributed by atoms with Crippen LogP contribution in [0.15, 0.2) is 24.3 Å². The number of aromatic nitrogens is 1. The van der Waals surface area contributed by atoms with Gasteiger partial charge in [0.25, 0.3) is 0 Å². The number of anilines is 1. The van der Waals surface area contributed by atoms with Gasteiger partial charge < -0.3 is 5.32 Å². The highest BCUT2D eigenvalue weighted by Crippen LogP contribution is 2.29. The van der Waals surface area contributed by atoms with Gasteiger partial charge in [-0.25, -0.2) is 4.98 Å². The summed E-state index contributed by atoms with van der Waals surface area (Å²) in [4.78, 5) is 16.6. The maximum atomic E-state index is 12.4. The normalized spacial score (nSPS) is 10.9. The number of aryl methyl sites for hydroxylation is 2. The zero-order valence-corrected chi connectivity index (χ0v) is 15.2. The number of benzene rings is 1. The molecule has 0 aliphatic rings. The minimum absolute atomic E-state index is 0.0941. The number of hydrogen-bond donors (Lipinski definition) is 1. The average Bonchev–Trinajstić information content (AvgIpc) is 2.44. The molecule has 0 fully saturated rings. The molecule has 1 amide bonds. The van der Waals surface area contributed by atoms with Crippen molar-refractivity contribution in [3.63, 3.8) is 0 Å². The molecule has 0 aliphatic heterocycles. The molecule has 23 heavy (non-hydrogen) atoms. The number of carbonyl (C=O) groups excluding carboxylic acids is 1. The van der Waals surface area contributed by atoms with E-state index in [2.05, 4.69) is 24.1 Å². The molecule has 0 bridgehead atoms. The Bertz CT molecular complexity index is 719.